The molecular formula is C16H17N5O4. The average molecular weight is 343 g/mol. The molecule has 1 N–H and O–H groups in total. The number of aromatic nitrogens is 4. The second-order valence-electron chi connectivity index (χ2n) is 5.62. The Morgan fingerprint density at radius 1 is 1.28 bits per heavy atom. The number of carbonyl (C=O) groups is 1. The van der Waals surface area contributed by atoms with Crippen molar-refractivity contribution in [3.8, 4) is 11.5 Å². The highest BCUT2D eigenvalue weighted by Gasteiger charge is 2.31. The minimum atomic E-state index is -1.01. The maximum absolute atomic E-state index is 11.8. The van der Waals surface area contributed by atoms with Crippen LogP contribution in [0.25, 0.3) is 11.5 Å². The van der Waals surface area contributed by atoms with Crippen molar-refractivity contribution < 1.29 is 18.9 Å². The van der Waals surface area contributed by atoms with E-state index in [0.717, 1.165) is 0 Å². The first kappa shape index (κ1) is 16.8. The minimum absolute atomic E-state index is 0.154. The number of pyridine rings is 1. The standard InChI is InChI=1S/C16H17N5O4/c1-9-13(10(2)24-19-9)14(16(22)23)21(3)8-12-18-15(20-25-12)11-6-4-5-7-17-11/h4-7,14H,8H2,1-3H3,(H,22,23)/t14-/m1/s1. The molecule has 0 aliphatic rings. The topological polar surface area (TPSA) is 118 Å². The summed E-state index contributed by atoms with van der Waals surface area (Å²) >= 11 is 0. The van der Waals surface area contributed by atoms with Crippen LogP contribution in [0, 0.1) is 13.8 Å². The Kier molecular flexibility index (Phi) is 4.57. The molecule has 3 aromatic rings. The molecule has 0 aliphatic heterocycles. The Morgan fingerprint density at radius 2 is 2.08 bits per heavy atom. The number of nitrogens with zero attached hydrogens (tertiary/aromatic N) is 5. The van der Waals surface area contributed by atoms with Crippen molar-refractivity contribution in [2.45, 2.75) is 26.4 Å². The van der Waals surface area contributed by atoms with Gasteiger partial charge in [-0.15, -0.1) is 0 Å². The lowest BCUT2D eigenvalue weighted by Gasteiger charge is -2.22. The number of likely N-dealkylation sites (N-methyl/N-ethyl adjacent to an activating group) is 1. The van der Waals surface area contributed by atoms with Crippen LogP contribution in [0.1, 0.15) is 29.0 Å². The summed E-state index contributed by atoms with van der Waals surface area (Å²) in [4.78, 5) is 21.8. The summed E-state index contributed by atoms with van der Waals surface area (Å²) in [5.74, 6) is 0.104. The van der Waals surface area contributed by atoms with Crippen molar-refractivity contribution in [1.82, 2.24) is 25.2 Å². The average Bonchev–Trinajstić information content (AvgIpc) is 3.17. The van der Waals surface area contributed by atoms with Gasteiger partial charge >= 0.3 is 5.97 Å². The molecule has 0 radical (unpaired) electrons. The fourth-order valence-electron chi connectivity index (χ4n) is 2.64. The maximum Gasteiger partial charge on any atom is 0.325 e. The summed E-state index contributed by atoms with van der Waals surface area (Å²) in [5, 5.41) is 17.4. The minimum Gasteiger partial charge on any atom is -0.480 e. The first-order chi connectivity index (χ1) is 12.0. The zero-order valence-electron chi connectivity index (χ0n) is 14.0. The van der Waals surface area contributed by atoms with Crippen LogP contribution in [0.3, 0.4) is 0 Å². The molecule has 3 heterocycles. The Morgan fingerprint density at radius 3 is 2.68 bits per heavy atom. The van der Waals surface area contributed by atoms with E-state index < -0.39 is 12.0 Å². The third kappa shape index (κ3) is 3.41. The molecule has 9 heteroatoms. The summed E-state index contributed by atoms with van der Waals surface area (Å²) in [6.07, 6.45) is 1.63. The molecule has 0 spiro atoms. The van der Waals surface area contributed by atoms with Crippen LogP contribution in [0.4, 0.5) is 0 Å². The predicted molar refractivity (Wildman–Crippen MR) is 85.3 cm³/mol. The fourth-order valence-corrected chi connectivity index (χ4v) is 2.64. The van der Waals surface area contributed by atoms with Gasteiger partial charge in [-0.1, -0.05) is 16.4 Å². The van der Waals surface area contributed by atoms with E-state index in [1.807, 2.05) is 6.07 Å². The lowest BCUT2D eigenvalue weighted by Crippen LogP contribution is -2.31. The van der Waals surface area contributed by atoms with Crippen molar-refractivity contribution in [2.75, 3.05) is 7.05 Å². The van der Waals surface area contributed by atoms with Gasteiger partial charge in [0.05, 0.1) is 12.2 Å². The summed E-state index contributed by atoms with van der Waals surface area (Å²) in [7, 11) is 1.66. The monoisotopic (exact) mass is 343 g/mol. The molecule has 25 heavy (non-hydrogen) atoms. The quantitative estimate of drug-likeness (QED) is 0.716. The van der Waals surface area contributed by atoms with Gasteiger partial charge in [0.2, 0.25) is 11.7 Å². The molecule has 3 aromatic heterocycles. The molecule has 0 unspecified atom stereocenters. The third-order valence-corrected chi connectivity index (χ3v) is 3.78. The van der Waals surface area contributed by atoms with E-state index in [1.165, 1.54) is 0 Å². The van der Waals surface area contributed by atoms with Gasteiger partial charge in [-0.25, -0.2) is 0 Å². The van der Waals surface area contributed by atoms with Crippen molar-refractivity contribution >= 4 is 5.97 Å². The van der Waals surface area contributed by atoms with Crippen molar-refractivity contribution in [1.29, 1.82) is 0 Å². The van der Waals surface area contributed by atoms with Crippen LogP contribution < -0.4 is 0 Å². The van der Waals surface area contributed by atoms with Crippen molar-refractivity contribution in [3.63, 3.8) is 0 Å². The van der Waals surface area contributed by atoms with Crippen molar-refractivity contribution in [3.05, 3.63) is 47.3 Å². The van der Waals surface area contributed by atoms with Crippen LogP contribution >= 0.6 is 0 Å². The van der Waals surface area contributed by atoms with Gasteiger partial charge in [-0.2, -0.15) is 4.98 Å². The lowest BCUT2D eigenvalue weighted by molar-refractivity contribution is -0.143. The first-order valence-corrected chi connectivity index (χ1v) is 7.57. The van der Waals surface area contributed by atoms with Gasteiger partial charge in [-0.05, 0) is 33.0 Å². The summed E-state index contributed by atoms with van der Waals surface area (Å²) in [6.45, 7) is 3.55. The molecule has 9 nitrogen and oxygen atoms in total. The fraction of sp³-hybridized carbons (Fsp3) is 0.312. The van der Waals surface area contributed by atoms with E-state index in [2.05, 4.69) is 20.3 Å². The lowest BCUT2D eigenvalue weighted by atomic mass is 10.0. The van der Waals surface area contributed by atoms with Crippen LogP contribution in [-0.2, 0) is 11.3 Å². The van der Waals surface area contributed by atoms with Gasteiger partial charge in [-0.3, -0.25) is 14.7 Å². The summed E-state index contributed by atoms with van der Waals surface area (Å²) in [6, 6.07) is 4.45. The van der Waals surface area contributed by atoms with Crippen LogP contribution in [0.5, 0.6) is 0 Å². The zero-order chi connectivity index (χ0) is 18.0. The van der Waals surface area contributed by atoms with E-state index in [1.54, 1.807) is 44.1 Å². The second kappa shape index (κ2) is 6.81. The highest BCUT2D eigenvalue weighted by molar-refractivity contribution is 5.76. The van der Waals surface area contributed by atoms with Crippen LogP contribution in [-0.4, -0.2) is 43.3 Å². The normalized spacial score (nSPS) is 12.5. The second-order valence-corrected chi connectivity index (χ2v) is 5.62. The van der Waals surface area contributed by atoms with Gasteiger partial charge < -0.3 is 14.2 Å². The van der Waals surface area contributed by atoms with Gasteiger partial charge in [0.15, 0.2) is 0 Å². The molecule has 0 bridgehead atoms. The molecule has 0 amide bonds. The zero-order valence-corrected chi connectivity index (χ0v) is 14.0. The molecule has 0 saturated heterocycles. The molecule has 0 aliphatic carbocycles. The highest BCUT2D eigenvalue weighted by Crippen LogP contribution is 2.27. The number of hydrogen-bond donors (Lipinski definition) is 1. The maximum atomic E-state index is 11.8. The number of rotatable bonds is 6. The van der Waals surface area contributed by atoms with E-state index in [-0.39, 0.29) is 6.54 Å². The largest absolute Gasteiger partial charge is 0.480 e. The van der Waals surface area contributed by atoms with E-state index >= 15 is 0 Å². The number of hydrogen-bond acceptors (Lipinski definition) is 8. The molecule has 0 aromatic carbocycles. The van der Waals surface area contributed by atoms with Gasteiger partial charge in [0.25, 0.3) is 0 Å². The van der Waals surface area contributed by atoms with Crippen LogP contribution in [0.15, 0.2) is 33.4 Å². The molecule has 0 saturated carbocycles. The van der Waals surface area contributed by atoms with E-state index in [4.69, 9.17) is 9.05 Å². The first-order valence-electron chi connectivity index (χ1n) is 7.57. The van der Waals surface area contributed by atoms with Crippen molar-refractivity contribution in [2.24, 2.45) is 0 Å². The third-order valence-electron chi connectivity index (χ3n) is 3.78. The van der Waals surface area contributed by atoms with Crippen LogP contribution in [0.2, 0.25) is 0 Å². The Balaban J connectivity index is 1.82. The van der Waals surface area contributed by atoms with Gasteiger partial charge in [0, 0.05) is 11.8 Å². The van der Waals surface area contributed by atoms with Gasteiger partial charge in [0.1, 0.15) is 17.5 Å². The Labute approximate surface area is 143 Å². The molecule has 3 rings (SSSR count). The number of carboxylic acids is 1. The Hall–Kier alpha value is -3.07. The predicted octanol–water partition coefficient (Wildman–Crippen LogP) is 1.99. The molecule has 0 fully saturated rings. The van der Waals surface area contributed by atoms with E-state index in [9.17, 15) is 9.90 Å². The number of carboxylic acid groups (broad SMARTS) is 1. The number of aryl methyl sites for hydroxylation is 2. The smallest absolute Gasteiger partial charge is 0.325 e. The molecule has 1 atom stereocenters. The summed E-state index contributed by atoms with van der Waals surface area (Å²) < 4.78 is 10.3. The number of aliphatic carboxylic acids is 1. The highest BCUT2D eigenvalue weighted by atomic mass is 16.5. The molecule has 130 valence electrons. The van der Waals surface area contributed by atoms with E-state index in [0.29, 0.717) is 34.4 Å². The SMILES string of the molecule is Cc1noc(C)c1[C@H](C(=O)O)N(C)Cc1nc(-c2ccccn2)no1. The molecular weight excluding hydrogens is 326 g/mol. The Bertz CT molecular complexity index is 854. The summed E-state index contributed by atoms with van der Waals surface area (Å²) in [5.41, 5.74) is 1.65.